The van der Waals surface area contributed by atoms with E-state index in [0.717, 1.165) is 48.3 Å². The molecule has 38 heavy (non-hydrogen) atoms. The van der Waals surface area contributed by atoms with Crippen molar-refractivity contribution in [2.24, 2.45) is 5.73 Å². The molecule has 4 rings (SSSR count). The number of primary amides is 1. The highest BCUT2D eigenvalue weighted by Crippen LogP contribution is 2.36. The Kier molecular flexibility index (Phi) is 8.31. The van der Waals surface area contributed by atoms with Crippen molar-refractivity contribution in [3.8, 4) is 5.75 Å². The second kappa shape index (κ2) is 11.6. The topological polar surface area (TPSA) is 141 Å². The third kappa shape index (κ3) is 5.65. The molecule has 0 spiro atoms. The number of nitrogen functional groups attached to an aromatic ring is 1. The van der Waals surface area contributed by atoms with Gasteiger partial charge in [-0.3, -0.25) is 19.3 Å². The maximum Gasteiger partial charge on any atom is 0.273 e. The van der Waals surface area contributed by atoms with Gasteiger partial charge in [-0.2, -0.15) is 4.37 Å². The van der Waals surface area contributed by atoms with Crippen molar-refractivity contribution in [1.82, 2.24) is 9.69 Å². The molecule has 200 valence electrons. The number of aryl methyl sites for hydroxylation is 2. The van der Waals surface area contributed by atoms with Crippen LogP contribution in [0.3, 0.4) is 0 Å². The molecule has 5 N–H and O–H groups in total. The summed E-state index contributed by atoms with van der Waals surface area (Å²) in [6, 6.07) is 11.8. The number of aromatic nitrogens is 1. The molecule has 1 saturated carbocycles. The summed E-state index contributed by atoms with van der Waals surface area (Å²) in [7, 11) is 0. The van der Waals surface area contributed by atoms with Crippen molar-refractivity contribution in [1.29, 1.82) is 0 Å². The minimum absolute atomic E-state index is 0.0405. The highest BCUT2D eigenvalue weighted by Gasteiger charge is 2.37. The molecule has 1 heterocycles. The van der Waals surface area contributed by atoms with E-state index in [1.54, 1.807) is 24.3 Å². The van der Waals surface area contributed by atoms with Gasteiger partial charge in [-0.1, -0.05) is 42.7 Å². The molecule has 1 atom stereocenters. The van der Waals surface area contributed by atoms with E-state index in [2.05, 4.69) is 9.69 Å². The first-order valence-corrected chi connectivity index (χ1v) is 13.5. The quantitative estimate of drug-likeness (QED) is 0.373. The Balaban J connectivity index is 1.87. The summed E-state index contributed by atoms with van der Waals surface area (Å²) < 4.78 is 9.61. The SMILES string of the molecule is CCOc1ccc([C@H](C(=O)NC2CCCC2)N(C(=O)c2snc(C(N)=O)c2N)c2ccc(C)cc2C)cc1. The number of nitrogens with two attached hydrogens (primary N) is 2. The Morgan fingerprint density at radius 3 is 2.39 bits per heavy atom. The minimum Gasteiger partial charge on any atom is -0.494 e. The number of carbonyl (C=O) groups is 3. The van der Waals surface area contributed by atoms with Crippen LogP contribution >= 0.6 is 11.5 Å². The van der Waals surface area contributed by atoms with Crippen LogP contribution in [-0.2, 0) is 4.79 Å². The van der Waals surface area contributed by atoms with Crippen molar-refractivity contribution in [2.45, 2.75) is 58.5 Å². The van der Waals surface area contributed by atoms with Crippen molar-refractivity contribution < 1.29 is 19.1 Å². The number of amides is 3. The maximum atomic E-state index is 14.2. The van der Waals surface area contributed by atoms with E-state index in [9.17, 15) is 14.4 Å². The predicted octanol–water partition coefficient (Wildman–Crippen LogP) is 4.29. The summed E-state index contributed by atoms with van der Waals surface area (Å²) in [6.45, 7) is 6.24. The second-order valence-electron chi connectivity index (χ2n) is 9.50. The molecule has 0 aliphatic heterocycles. The number of benzene rings is 2. The van der Waals surface area contributed by atoms with Crippen LogP contribution in [0.25, 0.3) is 0 Å². The molecule has 0 bridgehead atoms. The monoisotopic (exact) mass is 535 g/mol. The molecule has 9 nitrogen and oxygen atoms in total. The first-order chi connectivity index (χ1) is 18.2. The fraction of sp³-hybridized carbons (Fsp3) is 0.357. The highest BCUT2D eigenvalue weighted by atomic mass is 32.1. The average molecular weight is 536 g/mol. The largest absolute Gasteiger partial charge is 0.494 e. The lowest BCUT2D eigenvalue weighted by molar-refractivity contribution is -0.123. The Bertz CT molecular complexity index is 1330. The molecule has 3 aromatic rings. The lowest BCUT2D eigenvalue weighted by Crippen LogP contribution is -2.46. The van der Waals surface area contributed by atoms with Crippen LogP contribution in [0.5, 0.6) is 5.75 Å². The van der Waals surface area contributed by atoms with E-state index in [1.165, 1.54) is 4.90 Å². The van der Waals surface area contributed by atoms with Crippen molar-refractivity contribution in [2.75, 3.05) is 17.2 Å². The van der Waals surface area contributed by atoms with Gasteiger partial charge in [0.15, 0.2) is 5.69 Å². The third-order valence-electron chi connectivity index (χ3n) is 6.70. The van der Waals surface area contributed by atoms with Gasteiger partial charge in [0.2, 0.25) is 5.91 Å². The van der Waals surface area contributed by atoms with Gasteiger partial charge in [0, 0.05) is 11.7 Å². The lowest BCUT2D eigenvalue weighted by atomic mass is 10.00. The van der Waals surface area contributed by atoms with Crippen LogP contribution in [0.15, 0.2) is 42.5 Å². The molecule has 0 radical (unpaired) electrons. The number of hydrogen-bond acceptors (Lipinski definition) is 7. The van der Waals surface area contributed by atoms with Crippen molar-refractivity contribution in [3.63, 3.8) is 0 Å². The Labute approximate surface area is 226 Å². The number of ether oxygens (including phenoxy) is 1. The Morgan fingerprint density at radius 1 is 1.13 bits per heavy atom. The molecular weight excluding hydrogens is 502 g/mol. The number of nitrogens with zero attached hydrogens (tertiary/aromatic N) is 2. The van der Waals surface area contributed by atoms with Gasteiger partial charge >= 0.3 is 0 Å². The lowest BCUT2D eigenvalue weighted by Gasteiger charge is -2.33. The molecule has 10 heteroatoms. The van der Waals surface area contributed by atoms with E-state index >= 15 is 0 Å². The molecule has 1 fully saturated rings. The molecular formula is C28H33N5O4S. The van der Waals surface area contributed by atoms with Crippen LogP contribution in [0, 0.1) is 13.8 Å². The van der Waals surface area contributed by atoms with E-state index in [4.69, 9.17) is 16.2 Å². The number of anilines is 2. The predicted molar refractivity (Wildman–Crippen MR) is 149 cm³/mol. The van der Waals surface area contributed by atoms with Gasteiger partial charge < -0.3 is 21.5 Å². The van der Waals surface area contributed by atoms with Gasteiger partial charge in [0.25, 0.3) is 11.8 Å². The van der Waals surface area contributed by atoms with Crippen LogP contribution in [0.4, 0.5) is 11.4 Å². The summed E-state index contributed by atoms with van der Waals surface area (Å²) in [5, 5.41) is 3.16. The maximum absolute atomic E-state index is 14.2. The fourth-order valence-corrected chi connectivity index (χ4v) is 5.60. The molecule has 0 saturated heterocycles. The standard InChI is InChI=1S/C28H33N5O4S/c1-4-37-20-12-10-18(11-13-20)24(27(35)31-19-7-5-6-8-19)33(21-14-9-16(2)15-17(21)3)28(36)25-22(29)23(26(30)34)32-38-25/h9-15,19,24H,4-8,29H2,1-3H3,(H2,30,34)(H,31,35)/t24-/m1/s1. The van der Waals surface area contributed by atoms with E-state index in [1.807, 2.05) is 39.0 Å². The smallest absolute Gasteiger partial charge is 0.273 e. The molecule has 1 aliphatic rings. The second-order valence-corrected chi connectivity index (χ2v) is 10.3. The van der Waals surface area contributed by atoms with Gasteiger partial charge in [-0.25, -0.2) is 0 Å². The number of nitrogens with one attached hydrogen (secondary N) is 1. The van der Waals surface area contributed by atoms with Gasteiger partial charge in [-0.05, 0) is 74.5 Å². The van der Waals surface area contributed by atoms with Crippen LogP contribution < -0.4 is 26.4 Å². The van der Waals surface area contributed by atoms with E-state index in [0.29, 0.717) is 23.6 Å². The van der Waals surface area contributed by atoms with Crippen LogP contribution in [0.2, 0.25) is 0 Å². The minimum atomic E-state index is -1.02. The molecule has 2 aromatic carbocycles. The fourth-order valence-electron chi connectivity index (χ4n) is 4.86. The molecule has 0 unspecified atom stereocenters. The van der Waals surface area contributed by atoms with Gasteiger partial charge in [-0.15, -0.1) is 0 Å². The normalized spacial score (nSPS) is 14.2. The summed E-state index contributed by atoms with van der Waals surface area (Å²) in [5.41, 5.74) is 14.3. The zero-order valence-corrected chi connectivity index (χ0v) is 22.6. The van der Waals surface area contributed by atoms with Crippen molar-refractivity contribution >= 4 is 40.6 Å². The molecule has 3 amide bonds. The summed E-state index contributed by atoms with van der Waals surface area (Å²) in [4.78, 5) is 41.5. The van der Waals surface area contributed by atoms with E-state index < -0.39 is 17.9 Å². The number of hydrogen-bond donors (Lipinski definition) is 3. The zero-order chi connectivity index (χ0) is 27.4. The van der Waals surface area contributed by atoms with Crippen molar-refractivity contribution in [3.05, 3.63) is 69.7 Å². The van der Waals surface area contributed by atoms with Gasteiger partial charge in [0.1, 0.15) is 16.7 Å². The first kappa shape index (κ1) is 27.1. The highest BCUT2D eigenvalue weighted by molar-refractivity contribution is 7.09. The van der Waals surface area contributed by atoms with Crippen LogP contribution in [0.1, 0.15) is 75.5 Å². The van der Waals surface area contributed by atoms with Crippen LogP contribution in [-0.4, -0.2) is 34.7 Å². The third-order valence-corrected chi connectivity index (χ3v) is 7.55. The molecule has 1 aromatic heterocycles. The van der Waals surface area contributed by atoms with Gasteiger partial charge in [0.05, 0.1) is 12.3 Å². The number of rotatable bonds is 9. The van der Waals surface area contributed by atoms with E-state index in [-0.39, 0.29) is 28.2 Å². The summed E-state index contributed by atoms with van der Waals surface area (Å²) >= 11 is 0.792. The first-order valence-electron chi connectivity index (χ1n) is 12.7. The zero-order valence-electron chi connectivity index (χ0n) is 21.8. The Morgan fingerprint density at radius 2 is 1.82 bits per heavy atom. The average Bonchev–Trinajstić information content (AvgIpc) is 3.53. The number of carbonyl (C=O) groups excluding carboxylic acids is 3. The molecule has 1 aliphatic carbocycles. The summed E-state index contributed by atoms with van der Waals surface area (Å²) in [5.74, 6) is -1.00. The summed E-state index contributed by atoms with van der Waals surface area (Å²) in [6.07, 6.45) is 3.88. The Hall–Kier alpha value is -3.92.